The number of aryl methyl sites for hydroxylation is 1. The molecule has 0 saturated heterocycles. The van der Waals surface area contributed by atoms with Crippen LogP contribution in [0.5, 0.6) is 0 Å². The van der Waals surface area contributed by atoms with Crippen LogP contribution in [0, 0.1) is 18.3 Å². The van der Waals surface area contributed by atoms with Crippen LogP contribution in [0.4, 0.5) is 0 Å². The number of carbonyl (C=O) groups is 1. The second-order valence-electron chi connectivity index (χ2n) is 6.42. The summed E-state index contributed by atoms with van der Waals surface area (Å²) in [6.07, 6.45) is 0.574. The van der Waals surface area contributed by atoms with E-state index in [1.54, 1.807) is 16.0 Å². The van der Waals surface area contributed by atoms with Crippen LogP contribution >= 0.6 is 11.3 Å². The molecule has 1 N–H and O–H groups in total. The van der Waals surface area contributed by atoms with Crippen molar-refractivity contribution in [3.05, 3.63) is 17.0 Å². The number of carboxylic acids is 1. The standard InChI is InChI=1S/C14H20N4O2S/c1-9-5-6-21-11(9)12-15-16-17-18(12)8-10(13(19)20)7-14(2,3)4/h5-6,10H,7-8H2,1-4H3,(H,19,20). The quantitative estimate of drug-likeness (QED) is 0.918. The van der Waals surface area contributed by atoms with Crippen LogP contribution in [0.2, 0.25) is 0 Å². The van der Waals surface area contributed by atoms with E-state index in [1.165, 1.54) is 0 Å². The zero-order valence-electron chi connectivity index (χ0n) is 12.7. The number of nitrogens with zero attached hydrogens (tertiary/aromatic N) is 4. The van der Waals surface area contributed by atoms with Crippen LogP contribution in [0.15, 0.2) is 11.4 Å². The Hall–Kier alpha value is -1.76. The Labute approximate surface area is 127 Å². The van der Waals surface area contributed by atoms with Gasteiger partial charge < -0.3 is 5.11 Å². The van der Waals surface area contributed by atoms with E-state index >= 15 is 0 Å². The lowest BCUT2D eigenvalue weighted by Gasteiger charge is -2.23. The number of aromatic nitrogens is 4. The van der Waals surface area contributed by atoms with Crippen molar-refractivity contribution >= 4 is 17.3 Å². The normalized spacial score (nSPS) is 13.3. The van der Waals surface area contributed by atoms with E-state index < -0.39 is 11.9 Å². The molecular formula is C14H20N4O2S. The van der Waals surface area contributed by atoms with Gasteiger partial charge in [-0.25, -0.2) is 4.68 Å². The van der Waals surface area contributed by atoms with E-state index in [0.29, 0.717) is 12.2 Å². The van der Waals surface area contributed by atoms with Gasteiger partial charge >= 0.3 is 5.97 Å². The Balaban J connectivity index is 2.25. The van der Waals surface area contributed by atoms with E-state index in [2.05, 4.69) is 15.5 Å². The molecule has 0 fully saturated rings. The molecule has 0 aliphatic rings. The second kappa shape index (κ2) is 5.93. The summed E-state index contributed by atoms with van der Waals surface area (Å²) in [5.74, 6) is -0.676. The highest BCUT2D eigenvalue weighted by molar-refractivity contribution is 7.13. The van der Waals surface area contributed by atoms with Gasteiger partial charge in [-0.3, -0.25) is 4.79 Å². The molecule has 0 saturated carbocycles. The Morgan fingerprint density at radius 2 is 2.19 bits per heavy atom. The SMILES string of the molecule is Cc1ccsc1-c1nnnn1CC(CC(C)(C)C)C(=O)O. The summed E-state index contributed by atoms with van der Waals surface area (Å²) in [6.45, 7) is 8.38. The molecule has 114 valence electrons. The van der Waals surface area contributed by atoms with Crippen molar-refractivity contribution in [1.29, 1.82) is 0 Å². The monoisotopic (exact) mass is 308 g/mol. The minimum atomic E-state index is -0.811. The molecule has 0 aliphatic heterocycles. The predicted molar refractivity (Wildman–Crippen MR) is 81.1 cm³/mol. The first-order valence-corrected chi connectivity index (χ1v) is 7.69. The lowest BCUT2D eigenvalue weighted by atomic mass is 9.84. The fourth-order valence-electron chi connectivity index (χ4n) is 2.27. The number of hydrogen-bond donors (Lipinski definition) is 1. The molecule has 2 rings (SSSR count). The fraction of sp³-hybridized carbons (Fsp3) is 0.571. The first-order valence-electron chi connectivity index (χ1n) is 6.81. The highest BCUT2D eigenvalue weighted by Crippen LogP contribution is 2.29. The van der Waals surface area contributed by atoms with Crippen molar-refractivity contribution in [3.63, 3.8) is 0 Å². The smallest absolute Gasteiger partial charge is 0.308 e. The molecule has 7 heteroatoms. The molecule has 2 aromatic heterocycles. The summed E-state index contributed by atoms with van der Waals surface area (Å²) in [7, 11) is 0. The molecule has 2 heterocycles. The Morgan fingerprint density at radius 1 is 1.48 bits per heavy atom. The van der Waals surface area contributed by atoms with Gasteiger partial charge in [-0.15, -0.1) is 16.4 Å². The summed E-state index contributed by atoms with van der Waals surface area (Å²) >= 11 is 1.56. The molecule has 0 bridgehead atoms. The average molecular weight is 308 g/mol. The van der Waals surface area contributed by atoms with Crippen molar-refractivity contribution < 1.29 is 9.90 Å². The maximum Gasteiger partial charge on any atom is 0.308 e. The van der Waals surface area contributed by atoms with Crippen molar-refractivity contribution in [2.75, 3.05) is 0 Å². The average Bonchev–Trinajstić information content (AvgIpc) is 2.95. The lowest BCUT2D eigenvalue weighted by Crippen LogP contribution is -2.26. The summed E-state index contributed by atoms with van der Waals surface area (Å²) in [5, 5.41) is 23.1. The van der Waals surface area contributed by atoms with E-state index in [9.17, 15) is 9.90 Å². The molecule has 0 radical (unpaired) electrons. The van der Waals surface area contributed by atoms with Gasteiger partial charge in [-0.05, 0) is 46.2 Å². The summed E-state index contributed by atoms with van der Waals surface area (Å²) < 4.78 is 1.60. The maximum absolute atomic E-state index is 11.5. The maximum atomic E-state index is 11.5. The zero-order chi connectivity index (χ0) is 15.6. The van der Waals surface area contributed by atoms with Gasteiger partial charge in [0.05, 0.1) is 17.3 Å². The van der Waals surface area contributed by atoms with Crippen LogP contribution in [-0.4, -0.2) is 31.3 Å². The van der Waals surface area contributed by atoms with Gasteiger partial charge in [0.15, 0.2) is 5.82 Å². The number of rotatable bonds is 5. The predicted octanol–water partition coefficient (Wildman–Crippen LogP) is 2.85. The molecule has 0 spiro atoms. The van der Waals surface area contributed by atoms with Crippen LogP contribution in [0.25, 0.3) is 10.7 Å². The topological polar surface area (TPSA) is 80.9 Å². The molecule has 1 unspecified atom stereocenters. The van der Waals surface area contributed by atoms with E-state index in [1.807, 2.05) is 39.1 Å². The number of hydrogen-bond acceptors (Lipinski definition) is 5. The molecule has 0 aromatic carbocycles. The molecule has 0 amide bonds. The van der Waals surface area contributed by atoms with Crippen molar-refractivity contribution in [2.24, 2.45) is 11.3 Å². The third kappa shape index (κ3) is 3.87. The van der Waals surface area contributed by atoms with Gasteiger partial charge in [-0.1, -0.05) is 20.8 Å². The van der Waals surface area contributed by atoms with Crippen LogP contribution in [0.3, 0.4) is 0 Å². The zero-order valence-corrected chi connectivity index (χ0v) is 13.5. The van der Waals surface area contributed by atoms with Crippen LogP contribution in [-0.2, 0) is 11.3 Å². The Kier molecular flexibility index (Phi) is 4.41. The number of tetrazole rings is 1. The molecule has 2 aromatic rings. The number of aliphatic carboxylic acids is 1. The van der Waals surface area contributed by atoms with Gasteiger partial charge in [-0.2, -0.15) is 0 Å². The molecule has 0 aliphatic carbocycles. The minimum Gasteiger partial charge on any atom is -0.481 e. The molecule has 21 heavy (non-hydrogen) atoms. The first-order chi connectivity index (χ1) is 9.78. The van der Waals surface area contributed by atoms with Crippen LogP contribution in [0.1, 0.15) is 32.8 Å². The van der Waals surface area contributed by atoms with Crippen molar-refractivity contribution in [2.45, 2.75) is 40.7 Å². The van der Waals surface area contributed by atoms with E-state index in [4.69, 9.17) is 0 Å². The summed E-state index contributed by atoms with van der Waals surface area (Å²) in [5.41, 5.74) is 1.04. The minimum absolute atomic E-state index is 0.0594. The summed E-state index contributed by atoms with van der Waals surface area (Å²) in [6, 6.07) is 2.00. The van der Waals surface area contributed by atoms with E-state index in [0.717, 1.165) is 10.4 Å². The molecule has 1 atom stereocenters. The number of carboxylic acid groups (broad SMARTS) is 1. The third-order valence-electron chi connectivity index (χ3n) is 3.20. The third-order valence-corrected chi connectivity index (χ3v) is 4.21. The van der Waals surface area contributed by atoms with Gasteiger partial charge in [0.25, 0.3) is 0 Å². The van der Waals surface area contributed by atoms with Gasteiger partial charge in [0.1, 0.15) is 0 Å². The van der Waals surface area contributed by atoms with Crippen molar-refractivity contribution in [3.8, 4) is 10.7 Å². The van der Waals surface area contributed by atoms with Gasteiger partial charge in [0, 0.05) is 0 Å². The van der Waals surface area contributed by atoms with Gasteiger partial charge in [0.2, 0.25) is 0 Å². The Morgan fingerprint density at radius 3 is 2.71 bits per heavy atom. The highest BCUT2D eigenvalue weighted by Gasteiger charge is 2.27. The number of thiophene rings is 1. The lowest BCUT2D eigenvalue weighted by molar-refractivity contribution is -0.143. The first kappa shape index (κ1) is 15.6. The van der Waals surface area contributed by atoms with Crippen LogP contribution < -0.4 is 0 Å². The Bertz CT molecular complexity index is 627. The van der Waals surface area contributed by atoms with E-state index in [-0.39, 0.29) is 12.0 Å². The van der Waals surface area contributed by atoms with Crippen molar-refractivity contribution in [1.82, 2.24) is 20.2 Å². The largest absolute Gasteiger partial charge is 0.481 e. The summed E-state index contributed by atoms with van der Waals surface area (Å²) in [4.78, 5) is 12.5. The molecule has 6 nitrogen and oxygen atoms in total. The highest BCUT2D eigenvalue weighted by atomic mass is 32.1. The molecular weight excluding hydrogens is 288 g/mol. The second-order valence-corrected chi connectivity index (χ2v) is 7.33. The fourth-order valence-corrected chi connectivity index (χ4v) is 3.18.